The fourth-order valence-corrected chi connectivity index (χ4v) is 2.40. The Morgan fingerprint density at radius 3 is 2.42 bits per heavy atom. The van der Waals surface area contributed by atoms with E-state index >= 15 is 0 Å². The number of phenolic OH excluding ortho intramolecular Hbond substituents is 1. The topological polar surface area (TPSA) is 35.5 Å². The van der Waals surface area contributed by atoms with Crippen molar-refractivity contribution in [2.45, 2.75) is 18.9 Å². The highest BCUT2D eigenvalue weighted by molar-refractivity contribution is 5.85. The van der Waals surface area contributed by atoms with Crippen LogP contribution in [0.5, 0.6) is 5.75 Å². The summed E-state index contributed by atoms with van der Waals surface area (Å²) in [5.74, 6) is 0.0988. The summed E-state index contributed by atoms with van der Waals surface area (Å²) in [5, 5.41) is 13.0. The van der Waals surface area contributed by atoms with Gasteiger partial charge in [-0.2, -0.15) is 0 Å². The Kier molecular flexibility index (Phi) is 6.48. The van der Waals surface area contributed by atoms with Crippen LogP contribution in [0.4, 0.5) is 8.78 Å². The molecule has 0 saturated carbocycles. The van der Waals surface area contributed by atoms with Crippen LogP contribution in [0, 0.1) is 0 Å². The molecule has 6 heteroatoms. The maximum atomic E-state index is 12.7. The molecule has 1 aliphatic rings. The highest BCUT2D eigenvalue weighted by atomic mass is 35.5. The minimum Gasteiger partial charge on any atom is -0.508 e. The Hall–Kier alpha value is -0.910. The number of hydrogen-bond acceptors (Lipinski definition) is 3. The fourth-order valence-electron chi connectivity index (χ4n) is 2.40. The fraction of sp³-hybridized carbons (Fsp3) is 0.538. The second-order valence-corrected chi connectivity index (χ2v) is 4.49. The van der Waals surface area contributed by atoms with E-state index in [2.05, 4.69) is 5.32 Å². The number of nitrogens with one attached hydrogen (secondary N) is 1. The molecule has 0 aromatic heterocycles. The lowest BCUT2D eigenvalue weighted by Crippen LogP contribution is -2.45. The van der Waals surface area contributed by atoms with Crippen molar-refractivity contribution >= 4 is 12.4 Å². The van der Waals surface area contributed by atoms with Crippen molar-refractivity contribution < 1.29 is 13.9 Å². The molecule has 2 rings (SSSR count). The zero-order valence-corrected chi connectivity index (χ0v) is 11.4. The zero-order valence-electron chi connectivity index (χ0n) is 10.6. The molecule has 1 atom stereocenters. The predicted octanol–water partition coefficient (Wildman–Crippen LogP) is 2.42. The van der Waals surface area contributed by atoms with E-state index in [1.807, 2.05) is 4.90 Å². The lowest BCUT2D eigenvalue weighted by Gasteiger charge is -2.35. The minimum atomic E-state index is -2.37. The van der Waals surface area contributed by atoms with Gasteiger partial charge in [0, 0.05) is 44.2 Å². The van der Waals surface area contributed by atoms with Crippen LogP contribution in [-0.2, 0) is 0 Å². The van der Waals surface area contributed by atoms with E-state index in [1.54, 1.807) is 24.3 Å². The molecule has 2 N–H and O–H groups in total. The molecular weight excluding hydrogens is 274 g/mol. The molecule has 1 saturated heterocycles. The SMILES string of the molecule is Cl.Oc1ccccc1[C@H](CC(F)F)N1CCNCC1. The number of aromatic hydroxyl groups is 1. The van der Waals surface area contributed by atoms with E-state index in [0.717, 1.165) is 26.2 Å². The smallest absolute Gasteiger partial charge is 0.240 e. The van der Waals surface area contributed by atoms with Crippen molar-refractivity contribution in [2.24, 2.45) is 0 Å². The Balaban J connectivity index is 0.00000180. The third-order valence-electron chi connectivity index (χ3n) is 3.29. The molecule has 0 unspecified atom stereocenters. The van der Waals surface area contributed by atoms with Gasteiger partial charge in [-0.25, -0.2) is 8.78 Å². The summed E-state index contributed by atoms with van der Waals surface area (Å²) < 4.78 is 25.5. The van der Waals surface area contributed by atoms with E-state index in [0.29, 0.717) is 5.56 Å². The van der Waals surface area contributed by atoms with Crippen LogP contribution in [0.2, 0.25) is 0 Å². The molecular formula is C13H19ClF2N2O. The summed E-state index contributed by atoms with van der Waals surface area (Å²) >= 11 is 0. The van der Waals surface area contributed by atoms with Gasteiger partial charge in [-0.15, -0.1) is 12.4 Å². The quantitative estimate of drug-likeness (QED) is 0.895. The minimum absolute atomic E-state index is 0. The summed E-state index contributed by atoms with van der Waals surface area (Å²) in [4.78, 5) is 2.01. The van der Waals surface area contributed by atoms with Crippen LogP contribution in [-0.4, -0.2) is 42.6 Å². The van der Waals surface area contributed by atoms with Crippen molar-refractivity contribution in [1.29, 1.82) is 0 Å². The molecule has 1 aromatic rings. The van der Waals surface area contributed by atoms with Crippen LogP contribution in [0.3, 0.4) is 0 Å². The number of phenols is 1. The maximum Gasteiger partial charge on any atom is 0.240 e. The van der Waals surface area contributed by atoms with Gasteiger partial charge in [0.1, 0.15) is 5.75 Å². The Labute approximate surface area is 118 Å². The van der Waals surface area contributed by atoms with Crippen LogP contribution >= 0.6 is 12.4 Å². The third-order valence-corrected chi connectivity index (χ3v) is 3.29. The predicted molar refractivity (Wildman–Crippen MR) is 73.2 cm³/mol. The van der Waals surface area contributed by atoms with Gasteiger partial charge in [-0.05, 0) is 6.07 Å². The molecule has 3 nitrogen and oxygen atoms in total. The van der Waals surface area contributed by atoms with Gasteiger partial charge in [-0.1, -0.05) is 18.2 Å². The van der Waals surface area contributed by atoms with Gasteiger partial charge in [0.25, 0.3) is 0 Å². The molecule has 0 aliphatic carbocycles. The van der Waals surface area contributed by atoms with Crippen molar-refractivity contribution in [3.8, 4) is 5.75 Å². The van der Waals surface area contributed by atoms with Gasteiger partial charge < -0.3 is 10.4 Å². The summed E-state index contributed by atoms with van der Waals surface area (Å²) in [6.07, 6.45) is -2.61. The lowest BCUT2D eigenvalue weighted by atomic mass is 10.0. The van der Waals surface area contributed by atoms with Gasteiger partial charge in [0.2, 0.25) is 6.43 Å². The first kappa shape index (κ1) is 16.1. The van der Waals surface area contributed by atoms with E-state index in [-0.39, 0.29) is 24.6 Å². The number of para-hydroxylation sites is 1. The Morgan fingerprint density at radius 2 is 1.84 bits per heavy atom. The zero-order chi connectivity index (χ0) is 13.0. The maximum absolute atomic E-state index is 12.7. The van der Waals surface area contributed by atoms with Gasteiger partial charge in [0.15, 0.2) is 0 Å². The summed E-state index contributed by atoms with van der Waals surface area (Å²) in [6, 6.07) is 6.35. The van der Waals surface area contributed by atoms with Crippen molar-refractivity contribution in [3.05, 3.63) is 29.8 Å². The molecule has 108 valence electrons. The van der Waals surface area contributed by atoms with Crippen molar-refractivity contribution in [1.82, 2.24) is 10.2 Å². The first-order valence-electron chi connectivity index (χ1n) is 6.19. The van der Waals surface area contributed by atoms with Crippen molar-refractivity contribution in [3.63, 3.8) is 0 Å². The number of hydrogen-bond donors (Lipinski definition) is 2. The number of nitrogens with zero attached hydrogens (tertiary/aromatic N) is 1. The molecule has 1 fully saturated rings. The number of halogens is 3. The van der Waals surface area contributed by atoms with E-state index in [9.17, 15) is 13.9 Å². The Bertz CT molecular complexity index is 387. The van der Waals surface area contributed by atoms with Crippen LogP contribution in [0.15, 0.2) is 24.3 Å². The van der Waals surface area contributed by atoms with Gasteiger partial charge in [-0.3, -0.25) is 4.90 Å². The first-order chi connectivity index (χ1) is 8.68. The van der Waals surface area contributed by atoms with E-state index in [4.69, 9.17) is 0 Å². The molecule has 19 heavy (non-hydrogen) atoms. The average Bonchev–Trinajstić information content (AvgIpc) is 2.38. The number of piperazine rings is 1. The van der Waals surface area contributed by atoms with Crippen LogP contribution < -0.4 is 5.32 Å². The molecule has 1 aliphatic heterocycles. The monoisotopic (exact) mass is 292 g/mol. The largest absolute Gasteiger partial charge is 0.508 e. The third kappa shape index (κ3) is 4.30. The van der Waals surface area contributed by atoms with Crippen LogP contribution in [0.1, 0.15) is 18.0 Å². The van der Waals surface area contributed by atoms with Crippen molar-refractivity contribution in [2.75, 3.05) is 26.2 Å². The van der Waals surface area contributed by atoms with Gasteiger partial charge in [0.05, 0.1) is 0 Å². The Morgan fingerprint density at radius 1 is 1.21 bits per heavy atom. The average molecular weight is 293 g/mol. The molecule has 0 radical (unpaired) electrons. The normalized spacial score (nSPS) is 18.1. The highest BCUT2D eigenvalue weighted by Crippen LogP contribution is 2.32. The lowest BCUT2D eigenvalue weighted by molar-refractivity contribution is 0.0730. The molecule has 1 heterocycles. The number of benzene rings is 1. The molecule has 0 spiro atoms. The summed E-state index contributed by atoms with van der Waals surface area (Å²) in [5.41, 5.74) is 0.597. The number of alkyl halides is 2. The molecule has 0 bridgehead atoms. The first-order valence-corrected chi connectivity index (χ1v) is 6.19. The van der Waals surface area contributed by atoms with E-state index in [1.165, 1.54) is 0 Å². The standard InChI is InChI=1S/C13H18F2N2O.ClH/c14-13(15)9-11(17-7-5-16-6-8-17)10-3-1-2-4-12(10)18;/h1-4,11,13,16,18H,5-9H2;1H/t11-;/m0./s1. The summed E-state index contributed by atoms with van der Waals surface area (Å²) in [6.45, 7) is 3.05. The molecule has 0 amide bonds. The molecule has 1 aromatic carbocycles. The number of rotatable bonds is 4. The second kappa shape index (κ2) is 7.62. The van der Waals surface area contributed by atoms with Crippen LogP contribution in [0.25, 0.3) is 0 Å². The second-order valence-electron chi connectivity index (χ2n) is 4.49. The van der Waals surface area contributed by atoms with Gasteiger partial charge >= 0.3 is 0 Å². The summed E-state index contributed by atoms with van der Waals surface area (Å²) in [7, 11) is 0. The highest BCUT2D eigenvalue weighted by Gasteiger charge is 2.27. The van der Waals surface area contributed by atoms with E-state index < -0.39 is 12.5 Å².